The van der Waals surface area contributed by atoms with Crippen LogP contribution < -0.4 is 10.2 Å². The number of anilines is 1. The number of hydrogen-bond donors (Lipinski definition) is 1. The lowest BCUT2D eigenvalue weighted by molar-refractivity contribution is -0.120. The van der Waals surface area contributed by atoms with E-state index in [1.54, 1.807) is 0 Å². The van der Waals surface area contributed by atoms with Crippen molar-refractivity contribution < 1.29 is 13.2 Å². The van der Waals surface area contributed by atoms with E-state index in [0.29, 0.717) is 11.7 Å². The van der Waals surface area contributed by atoms with Crippen LogP contribution in [0.1, 0.15) is 50.1 Å². The van der Waals surface area contributed by atoms with Gasteiger partial charge in [-0.15, -0.1) is 11.3 Å². The zero-order chi connectivity index (χ0) is 15.6. The molecule has 1 aliphatic carbocycles. The average molecular weight is 321 g/mol. The quantitative estimate of drug-likeness (QED) is 0.825. The van der Waals surface area contributed by atoms with Crippen LogP contribution in [-0.4, -0.2) is 30.3 Å². The molecule has 0 amide bonds. The first-order valence-corrected chi connectivity index (χ1v) is 8.17. The summed E-state index contributed by atoms with van der Waals surface area (Å²) in [5.74, 6) is 0.218. The Kier molecular flexibility index (Phi) is 5.14. The highest BCUT2D eigenvalue weighted by atomic mass is 32.1. The van der Waals surface area contributed by atoms with Crippen LogP contribution in [0.25, 0.3) is 0 Å². The van der Waals surface area contributed by atoms with E-state index in [-0.39, 0.29) is 12.0 Å². The van der Waals surface area contributed by atoms with Crippen molar-refractivity contribution in [1.29, 1.82) is 0 Å². The normalized spacial score (nSPS) is 15.8. The topological polar surface area (TPSA) is 28.2 Å². The number of thiazole rings is 1. The van der Waals surface area contributed by atoms with E-state index in [9.17, 15) is 13.2 Å². The summed E-state index contributed by atoms with van der Waals surface area (Å²) in [7, 11) is 0. The van der Waals surface area contributed by atoms with Gasteiger partial charge in [-0.05, 0) is 25.3 Å². The third-order valence-electron chi connectivity index (χ3n) is 3.38. The van der Waals surface area contributed by atoms with E-state index in [1.807, 2.05) is 20.8 Å². The summed E-state index contributed by atoms with van der Waals surface area (Å²) in [5.41, 5.74) is 0.920. The third kappa shape index (κ3) is 4.57. The van der Waals surface area contributed by atoms with Crippen LogP contribution >= 0.6 is 11.3 Å². The largest absolute Gasteiger partial charge is 0.406 e. The van der Waals surface area contributed by atoms with E-state index in [0.717, 1.165) is 30.0 Å². The lowest BCUT2D eigenvalue weighted by atomic mass is 10.1. The smallest absolute Gasteiger partial charge is 0.336 e. The van der Waals surface area contributed by atoms with Crippen molar-refractivity contribution >= 4 is 16.5 Å². The van der Waals surface area contributed by atoms with Gasteiger partial charge >= 0.3 is 6.18 Å². The molecule has 1 heterocycles. The van der Waals surface area contributed by atoms with Gasteiger partial charge in [-0.3, -0.25) is 0 Å². The fraction of sp³-hybridized carbons (Fsp3) is 0.786. The van der Waals surface area contributed by atoms with Crippen molar-refractivity contribution in [3.05, 3.63) is 10.6 Å². The van der Waals surface area contributed by atoms with Crippen LogP contribution in [0.2, 0.25) is 0 Å². The zero-order valence-corrected chi connectivity index (χ0v) is 13.4. The van der Waals surface area contributed by atoms with Crippen molar-refractivity contribution in [3.8, 4) is 0 Å². The van der Waals surface area contributed by atoms with Crippen molar-refractivity contribution in [3.63, 3.8) is 0 Å². The Morgan fingerprint density at radius 3 is 2.52 bits per heavy atom. The summed E-state index contributed by atoms with van der Waals surface area (Å²) in [4.78, 5) is 7.00. The molecule has 7 heteroatoms. The highest BCUT2D eigenvalue weighted by Gasteiger charge is 2.39. The summed E-state index contributed by atoms with van der Waals surface area (Å²) in [6, 6.07) is 0.00442. The van der Waals surface area contributed by atoms with E-state index >= 15 is 0 Å². The number of halogens is 3. The Morgan fingerprint density at radius 1 is 1.38 bits per heavy atom. The van der Waals surface area contributed by atoms with E-state index < -0.39 is 12.7 Å². The molecule has 0 atom stereocenters. The first-order valence-electron chi connectivity index (χ1n) is 7.35. The van der Waals surface area contributed by atoms with Crippen molar-refractivity contribution in [2.24, 2.45) is 0 Å². The van der Waals surface area contributed by atoms with Crippen LogP contribution in [0, 0.1) is 0 Å². The number of nitrogens with one attached hydrogen (secondary N) is 1. The molecule has 1 aromatic rings. The lowest BCUT2D eigenvalue weighted by Gasteiger charge is -2.22. The SMILES string of the molecule is CCNCc1sc(N(CC(F)(F)F)C2CC2)nc1C(C)C. The van der Waals surface area contributed by atoms with Crippen molar-refractivity contribution in [2.45, 2.75) is 58.3 Å². The van der Waals surface area contributed by atoms with E-state index in [2.05, 4.69) is 10.3 Å². The van der Waals surface area contributed by atoms with E-state index in [4.69, 9.17) is 0 Å². The molecule has 0 saturated heterocycles. The molecule has 0 spiro atoms. The molecular formula is C14H22F3N3S. The molecule has 1 N–H and O–H groups in total. The van der Waals surface area contributed by atoms with Crippen molar-refractivity contribution in [1.82, 2.24) is 10.3 Å². The molecule has 0 aromatic carbocycles. The molecule has 0 unspecified atom stereocenters. The third-order valence-corrected chi connectivity index (χ3v) is 4.49. The Labute approximate surface area is 127 Å². The molecular weight excluding hydrogens is 299 g/mol. The molecule has 0 bridgehead atoms. The van der Waals surface area contributed by atoms with Crippen LogP contribution in [0.5, 0.6) is 0 Å². The molecule has 1 aliphatic rings. The maximum Gasteiger partial charge on any atom is 0.406 e. The van der Waals surface area contributed by atoms with Crippen LogP contribution in [-0.2, 0) is 6.54 Å². The van der Waals surface area contributed by atoms with Gasteiger partial charge in [0.05, 0.1) is 5.69 Å². The maximum atomic E-state index is 12.8. The van der Waals surface area contributed by atoms with E-state index in [1.165, 1.54) is 16.2 Å². The molecule has 1 fully saturated rings. The van der Waals surface area contributed by atoms with Gasteiger partial charge in [0, 0.05) is 17.5 Å². The summed E-state index contributed by atoms with van der Waals surface area (Å²) in [6.07, 6.45) is -2.53. The fourth-order valence-electron chi connectivity index (χ4n) is 2.22. The molecule has 1 saturated carbocycles. The first-order chi connectivity index (χ1) is 9.81. The minimum atomic E-state index is -4.19. The van der Waals surface area contributed by atoms with Gasteiger partial charge in [0.15, 0.2) is 5.13 Å². The second-order valence-corrected chi connectivity index (χ2v) is 6.78. The minimum Gasteiger partial charge on any atom is -0.336 e. The first kappa shape index (κ1) is 16.5. The predicted molar refractivity (Wildman–Crippen MR) is 80.0 cm³/mol. The summed E-state index contributed by atoms with van der Waals surface area (Å²) >= 11 is 1.40. The van der Waals surface area contributed by atoms with Gasteiger partial charge in [-0.2, -0.15) is 13.2 Å². The lowest BCUT2D eigenvalue weighted by Crippen LogP contribution is -2.35. The Balaban J connectivity index is 2.23. The molecule has 0 radical (unpaired) electrons. The second-order valence-electron chi connectivity index (χ2n) is 5.71. The van der Waals surface area contributed by atoms with Crippen LogP contribution in [0.15, 0.2) is 0 Å². The van der Waals surface area contributed by atoms with Crippen LogP contribution in [0.4, 0.5) is 18.3 Å². The van der Waals surface area contributed by atoms with Gasteiger partial charge in [0.1, 0.15) is 6.54 Å². The van der Waals surface area contributed by atoms with Gasteiger partial charge in [-0.1, -0.05) is 20.8 Å². The monoisotopic (exact) mass is 321 g/mol. The molecule has 3 nitrogen and oxygen atoms in total. The number of nitrogens with zero attached hydrogens (tertiary/aromatic N) is 2. The Morgan fingerprint density at radius 2 is 2.05 bits per heavy atom. The fourth-order valence-corrected chi connectivity index (χ4v) is 3.48. The Hall–Kier alpha value is -0.820. The molecule has 1 aromatic heterocycles. The van der Waals surface area contributed by atoms with Gasteiger partial charge in [0.2, 0.25) is 0 Å². The number of alkyl halides is 3. The molecule has 21 heavy (non-hydrogen) atoms. The molecule has 120 valence electrons. The molecule has 2 rings (SSSR count). The summed E-state index contributed by atoms with van der Waals surface area (Å²) < 4.78 is 38.3. The highest BCUT2D eigenvalue weighted by Crippen LogP contribution is 2.38. The van der Waals surface area contributed by atoms with Gasteiger partial charge < -0.3 is 10.2 Å². The van der Waals surface area contributed by atoms with Gasteiger partial charge in [0.25, 0.3) is 0 Å². The van der Waals surface area contributed by atoms with Crippen molar-refractivity contribution in [2.75, 3.05) is 18.0 Å². The predicted octanol–water partition coefficient (Wildman–Crippen LogP) is 3.91. The highest BCUT2D eigenvalue weighted by molar-refractivity contribution is 7.15. The Bertz CT molecular complexity index is 467. The summed E-state index contributed by atoms with van der Waals surface area (Å²) in [6.45, 7) is 6.67. The number of hydrogen-bond acceptors (Lipinski definition) is 4. The maximum absolute atomic E-state index is 12.8. The molecule has 0 aliphatic heterocycles. The second kappa shape index (κ2) is 6.52. The minimum absolute atomic E-state index is 0.00442. The standard InChI is InChI=1S/C14H22F3N3S/c1-4-18-7-11-12(9(2)3)19-13(21-11)20(10-5-6-10)8-14(15,16)17/h9-10,18H,4-8H2,1-3H3. The summed E-state index contributed by atoms with van der Waals surface area (Å²) in [5, 5.41) is 3.75. The zero-order valence-electron chi connectivity index (χ0n) is 12.6. The number of aromatic nitrogens is 1. The average Bonchev–Trinajstić information content (AvgIpc) is 3.12. The van der Waals surface area contributed by atoms with Crippen LogP contribution in [0.3, 0.4) is 0 Å². The number of rotatable bonds is 7. The van der Waals surface area contributed by atoms with Gasteiger partial charge in [-0.25, -0.2) is 4.98 Å².